The number of ether oxygens (including phenoxy) is 1. The van der Waals surface area contributed by atoms with Crippen LogP contribution in [0, 0.1) is 6.92 Å². The fourth-order valence-electron chi connectivity index (χ4n) is 2.12. The molecular weight excluding hydrogens is 330 g/mol. The van der Waals surface area contributed by atoms with Crippen LogP contribution in [-0.2, 0) is 0 Å². The molecule has 118 valence electrons. The Balaban J connectivity index is 1.58. The highest BCUT2D eigenvalue weighted by molar-refractivity contribution is 7.99. The minimum Gasteiger partial charge on any atom is -0.493 e. The maximum atomic E-state index is 6.04. The summed E-state index contributed by atoms with van der Waals surface area (Å²) in [6, 6.07) is 15.7. The molecule has 0 unspecified atom stereocenters. The fraction of sp³-hybridized carbons (Fsp3) is 0.176. The predicted molar refractivity (Wildman–Crippen MR) is 93.8 cm³/mol. The van der Waals surface area contributed by atoms with Crippen LogP contribution in [0.2, 0.25) is 5.02 Å². The Morgan fingerprint density at radius 3 is 2.87 bits per heavy atom. The van der Waals surface area contributed by atoms with Gasteiger partial charge in [0.05, 0.1) is 12.3 Å². The van der Waals surface area contributed by atoms with E-state index in [1.165, 1.54) is 5.56 Å². The maximum Gasteiger partial charge on any atom is 0.195 e. The van der Waals surface area contributed by atoms with Gasteiger partial charge in [0.2, 0.25) is 0 Å². The SMILES string of the molecule is Cc1cccc(OCCSc2nncn2-c2cccc(Cl)c2)c1. The Kier molecular flexibility index (Phi) is 5.20. The van der Waals surface area contributed by atoms with Gasteiger partial charge in [-0.3, -0.25) is 4.57 Å². The number of nitrogens with zero attached hydrogens (tertiary/aromatic N) is 3. The molecule has 6 heteroatoms. The number of aryl methyl sites for hydroxylation is 1. The second kappa shape index (κ2) is 7.53. The molecule has 0 fully saturated rings. The van der Waals surface area contributed by atoms with Crippen molar-refractivity contribution in [3.05, 3.63) is 65.4 Å². The lowest BCUT2D eigenvalue weighted by Crippen LogP contribution is -2.02. The lowest BCUT2D eigenvalue weighted by Gasteiger charge is -2.08. The van der Waals surface area contributed by atoms with Gasteiger partial charge >= 0.3 is 0 Å². The number of thioether (sulfide) groups is 1. The number of benzene rings is 2. The lowest BCUT2D eigenvalue weighted by molar-refractivity contribution is 0.343. The van der Waals surface area contributed by atoms with Gasteiger partial charge in [-0.05, 0) is 42.8 Å². The zero-order valence-electron chi connectivity index (χ0n) is 12.6. The first-order chi connectivity index (χ1) is 11.2. The molecule has 1 heterocycles. The number of halogens is 1. The van der Waals surface area contributed by atoms with Crippen LogP contribution < -0.4 is 4.74 Å². The molecule has 0 atom stereocenters. The summed E-state index contributed by atoms with van der Waals surface area (Å²) in [4.78, 5) is 0. The highest BCUT2D eigenvalue weighted by Crippen LogP contribution is 2.22. The molecule has 2 aromatic carbocycles. The van der Waals surface area contributed by atoms with E-state index in [9.17, 15) is 0 Å². The van der Waals surface area contributed by atoms with E-state index >= 15 is 0 Å². The van der Waals surface area contributed by atoms with Crippen LogP contribution in [0.1, 0.15) is 5.56 Å². The summed E-state index contributed by atoms with van der Waals surface area (Å²) in [5.74, 6) is 1.68. The van der Waals surface area contributed by atoms with E-state index in [1.807, 2.05) is 47.0 Å². The number of aromatic nitrogens is 3. The molecule has 0 aliphatic carbocycles. The maximum absolute atomic E-state index is 6.04. The summed E-state index contributed by atoms with van der Waals surface area (Å²) in [6.07, 6.45) is 1.69. The fourth-order valence-corrected chi connectivity index (χ4v) is 3.05. The molecule has 0 amide bonds. The third-order valence-corrected chi connectivity index (χ3v) is 4.32. The van der Waals surface area contributed by atoms with Crippen molar-refractivity contribution < 1.29 is 4.74 Å². The van der Waals surface area contributed by atoms with Crippen molar-refractivity contribution in [1.29, 1.82) is 0 Å². The zero-order chi connectivity index (χ0) is 16.1. The molecule has 0 radical (unpaired) electrons. The number of hydrogen-bond acceptors (Lipinski definition) is 4. The molecule has 0 N–H and O–H groups in total. The second-order valence-corrected chi connectivity index (χ2v) is 6.48. The van der Waals surface area contributed by atoms with Gasteiger partial charge in [0.25, 0.3) is 0 Å². The number of hydrogen-bond donors (Lipinski definition) is 0. The molecule has 0 spiro atoms. The summed E-state index contributed by atoms with van der Waals surface area (Å²) >= 11 is 7.64. The van der Waals surface area contributed by atoms with Gasteiger partial charge in [0, 0.05) is 10.8 Å². The van der Waals surface area contributed by atoms with Gasteiger partial charge in [-0.15, -0.1) is 10.2 Å². The lowest BCUT2D eigenvalue weighted by atomic mass is 10.2. The summed E-state index contributed by atoms with van der Waals surface area (Å²) in [5, 5.41) is 9.65. The second-order valence-electron chi connectivity index (χ2n) is 4.98. The van der Waals surface area contributed by atoms with Crippen LogP contribution in [0.3, 0.4) is 0 Å². The quantitative estimate of drug-likeness (QED) is 0.490. The van der Waals surface area contributed by atoms with Gasteiger partial charge in [-0.1, -0.05) is 41.6 Å². The van der Waals surface area contributed by atoms with Crippen LogP contribution >= 0.6 is 23.4 Å². The summed E-state index contributed by atoms with van der Waals surface area (Å²) < 4.78 is 7.67. The predicted octanol–water partition coefficient (Wildman–Crippen LogP) is 4.40. The van der Waals surface area contributed by atoms with E-state index in [0.29, 0.717) is 11.6 Å². The third-order valence-electron chi connectivity index (χ3n) is 3.18. The van der Waals surface area contributed by atoms with Crippen molar-refractivity contribution in [3.8, 4) is 11.4 Å². The number of rotatable bonds is 6. The highest BCUT2D eigenvalue weighted by atomic mass is 35.5. The van der Waals surface area contributed by atoms with Crippen LogP contribution in [0.5, 0.6) is 5.75 Å². The zero-order valence-corrected chi connectivity index (χ0v) is 14.2. The van der Waals surface area contributed by atoms with E-state index < -0.39 is 0 Å². The van der Waals surface area contributed by atoms with E-state index in [0.717, 1.165) is 22.3 Å². The first-order valence-electron chi connectivity index (χ1n) is 7.20. The molecule has 23 heavy (non-hydrogen) atoms. The van der Waals surface area contributed by atoms with Crippen molar-refractivity contribution in [1.82, 2.24) is 14.8 Å². The summed E-state index contributed by atoms with van der Waals surface area (Å²) in [5.41, 5.74) is 2.14. The molecule has 0 saturated heterocycles. The molecular formula is C17H16ClN3OS. The molecule has 0 bridgehead atoms. The van der Waals surface area contributed by atoms with Gasteiger partial charge in [0.15, 0.2) is 5.16 Å². The van der Waals surface area contributed by atoms with E-state index in [1.54, 1.807) is 18.1 Å². The van der Waals surface area contributed by atoms with Crippen molar-refractivity contribution in [2.24, 2.45) is 0 Å². The van der Waals surface area contributed by atoms with Gasteiger partial charge in [-0.25, -0.2) is 0 Å². The Hall–Kier alpha value is -1.98. The van der Waals surface area contributed by atoms with Gasteiger partial charge in [-0.2, -0.15) is 0 Å². The third kappa shape index (κ3) is 4.27. The minimum absolute atomic E-state index is 0.608. The molecule has 0 aliphatic heterocycles. The molecule has 1 aromatic heterocycles. The van der Waals surface area contributed by atoms with Gasteiger partial charge in [0.1, 0.15) is 12.1 Å². The largest absolute Gasteiger partial charge is 0.493 e. The monoisotopic (exact) mass is 345 g/mol. The summed E-state index contributed by atoms with van der Waals surface area (Å²) in [6.45, 7) is 2.66. The van der Waals surface area contributed by atoms with Crippen molar-refractivity contribution in [3.63, 3.8) is 0 Å². The van der Waals surface area contributed by atoms with Crippen LogP contribution in [0.25, 0.3) is 5.69 Å². The first kappa shape index (κ1) is 15.9. The smallest absolute Gasteiger partial charge is 0.195 e. The minimum atomic E-state index is 0.608. The topological polar surface area (TPSA) is 39.9 Å². The standard InChI is InChI=1S/C17H16ClN3OS/c1-13-4-2-7-16(10-13)22-8-9-23-17-20-19-12-21(17)15-6-3-5-14(18)11-15/h2-7,10-12H,8-9H2,1H3. The molecule has 0 saturated carbocycles. The van der Waals surface area contributed by atoms with E-state index in [-0.39, 0.29) is 0 Å². The van der Waals surface area contributed by atoms with Crippen LogP contribution in [0.15, 0.2) is 60.0 Å². The molecule has 3 rings (SSSR count). The van der Waals surface area contributed by atoms with Crippen molar-refractivity contribution in [2.75, 3.05) is 12.4 Å². The highest BCUT2D eigenvalue weighted by Gasteiger charge is 2.07. The Labute approximate surface area is 144 Å². The first-order valence-corrected chi connectivity index (χ1v) is 8.57. The van der Waals surface area contributed by atoms with E-state index in [2.05, 4.69) is 23.2 Å². The average molecular weight is 346 g/mol. The molecule has 4 nitrogen and oxygen atoms in total. The van der Waals surface area contributed by atoms with E-state index in [4.69, 9.17) is 16.3 Å². The summed E-state index contributed by atoms with van der Waals surface area (Å²) in [7, 11) is 0. The van der Waals surface area contributed by atoms with Crippen LogP contribution in [0.4, 0.5) is 0 Å². The molecule has 3 aromatic rings. The van der Waals surface area contributed by atoms with Crippen molar-refractivity contribution in [2.45, 2.75) is 12.1 Å². The van der Waals surface area contributed by atoms with Crippen molar-refractivity contribution >= 4 is 23.4 Å². The van der Waals surface area contributed by atoms with Crippen LogP contribution in [-0.4, -0.2) is 27.1 Å². The molecule has 0 aliphatic rings. The normalized spacial score (nSPS) is 10.7. The Bertz CT molecular complexity index is 791. The average Bonchev–Trinajstić information content (AvgIpc) is 3.00. The van der Waals surface area contributed by atoms with Gasteiger partial charge < -0.3 is 4.74 Å². The Morgan fingerprint density at radius 1 is 1.17 bits per heavy atom. The Morgan fingerprint density at radius 2 is 2.04 bits per heavy atom.